The third-order valence-corrected chi connectivity index (χ3v) is 3.82. The molecular formula is C13H22N4. The normalized spacial score (nSPS) is 24.7. The van der Waals surface area contributed by atoms with Crippen LogP contribution in [0, 0.1) is 0 Å². The zero-order valence-electron chi connectivity index (χ0n) is 10.6. The molecule has 0 aromatic carbocycles. The minimum Gasteiger partial charge on any atom is -0.313 e. The zero-order valence-corrected chi connectivity index (χ0v) is 10.6. The fraction of sp³-hybridized carbons (Fsp3) is 0.769. The summed E-state index contributed by atoms with van der Waals surface area (Å²) < 4.78 is 1.90. The smallest absolute Gasteiger partial charge is 0.0534 e. The average molecular weight is 234 g/mol. The highest BCUT2D eigenvalue weighted by atomic mass is 15.3. The molecule has 1 saturated heterocycles. The van der Waals surface area contributed by atoms with Crippen LogP contribution in [-0.4, -0.2) is 39.9 Å². The van der Waals surface area contributed by atoms with E-state index in [1.807, 2.05) is 17.9 Å². The molecule has 4 heteroatoms. The van der Waals surface area contributed by atoms with Crippen LogP contribution in [0.2, 0.25) is 0 Å². The molecule has 0 bridgehead atoms. The molecule has 1 aromatic heterocycles. The molecule has 3 rings (SSSR count). The van der Waals surface area contributed by atoms with Crippen molar-refractivity contribution in [3.05, 3.63) is 18.0 Å². The van der Waals surface area contributed by atoms with Crippen LogP contribution in [0.1, 0.15) is 31.2 Å². The van der Waals surface area contributed by atoms with Crippen molar-refractivity contribution < 1.29 is 0 Å². The molecule has 0 spiro atoms. The fourth-order valence-electron chi connectivity index (χ4n) is 2.77. The third-order valence-electron chi connectivity index (χ3n) is 3.82. The lowest BCUT2D eigenvalue weighted by Gasteiger charge is -2.24. The quantitative estimate of drug-likeness (QED) is 0.829. The molecule has 2 aliphatic rings. The first-order chi connectivity index (χ1) is 8.31. The Hall–Kier alpha value is -0.870. The number of hydrogen-bond donors (Lipinski definition) is 1. The second-order valence-corrected chi connectivity index (χ2v) is 5.48. The maximum atomic E-state index is 4.26. The Balaban J connectivity index is 1.59. The van der Waals surface area contributed by atoms with E-state index in [0.29, 0.717) is 6.04 Å². The van der Waals surface area contributed by atoms with E-state index in [0.717, 1.165) is 12.6 Å². The lowest BCUT2D eigenvalue weighted by Crippen LogP contribution is -2.38. The molecule has 94 valence electrons. The molecule has 1 atom stereocenters. The molecule has 1 aliphatic heterocycles. The molecule has 1 N–H and O–H groups in total. The zero-order chi connectivity index (χ0) is 11.7. The van der Waals surface area contributed by atoms with Crippen molar-refractivity contribution in [3.63, 3.8) is 0 Å². The molecule has 4 nitrogen and oxygen atoms in total. The number of aromatic nitrogens is 2. The SMILES string of the molecule is Cn1cc(CN(C[C@@H]2CCCN2)C2CC2)cn1. The summed E-state index contributed by atoms with van der Waals surface area (Å²) in [7, 11) is 1.99. The van der Waals surface area contributed by atoms with E-state index < -0.39 is 0 Å². The number of nitrogens with zero attached hydrogens (tertiary/aromatic N) is 3. The van der Waals surface area contributed by atoms with Crippen molar-refractivity contribution in [3.8, 4) is 0 Å². The molecule has 2 fully saturated rings. The molecule has 0 amide bonds. The second kappa shape index (κ2) is 4.78. The minimum absolute atomic E-state index is 0.715. The Bertz CT molecular complexity index is 363. The van der Waals surface area contributed by atoms with Crippen LogP contribution in [0.15, 0.2) is 12.4 Å². The van der Waals surface area contributed by atoms with Gasteiger partial charge in [-0.1, -0.05) is 0 Å². The van der Waals surface area contributed by atoms with Crippen molar-refractivity contribution in [1.29, 1.82) is 0 Å². The largest absolute Gasteiger partial charge is 0.313 e. The summed E-state index contributed by atoms with van der Waals surface area (Å²) in [6.07, 6.45) is 9.58. The van der Waals surface area contributed by atoms with Crippen molar-refractivity contribution >= 4 is 0 Å². The van der Waals surface area contributed by atoms with Crippen LogP contribution in [-0.2, 0) is 13.6 Å². The predicted molar refractivity (Wildman–Crippen MR) is 67.7 cm³/mol. The number of rotatable bonds is 5. The monoisotopic (exact) mass is 234 g/mol. The van der Waals surface area contributed by atoms with Crippen molar-refractivity contribution in [2.75, 3.05) is 13.1 Å². The average Bonchev–Trinajstić information content (AvgIpc) is 2.89. The summed E-state index contributed by atoms with van der Waals surface area (Å²) in [5, 5.41) is 7.85. The van der Waals surface area contributed by atoms with Gasteiger partial charge in [-0.05, 0) is 32.2 Å². The van der Waals surface area contributed by atoms with Gasteiger partial charge in [0.25, 0.3) is 0 Å². The minimum atomic E-state index is 0.715. The van der Waals surface area contributed by atoms with E-state index in [9.17, 15) is 0 Å². The van der Waals surface area contributed by atoms with Gasteiger partial charge in [-0.25, -0.2) is 0 Å². The lowest BCUT2D eigenvalue weighted by atomic mass is 10.2. The molecule has 1 aromatic rings. The third kappa shape index (κ3) is 2.87. The molecule has 17 heavy (non-hydrogen) atoms. The Morgan fingerprint density at radius 3 is 2.94 bits per heavy atom. The first-order valence-electron chi connectivity index (χ1n) is 6.76. The summed E-state index contributed by atoms with van der Waals surface area (Å²) in [6, 6.07) is 1.55. The summed E-state index contributed by atoms with van der Waals surface area (Å²) >= 11 is 0. The standard InChI is InChI=1S/C13H22N4/c1-16-8-11(7-15-16)9-17(13-4-5-13)10-12-3-2-6-14-12/h7-8,12-14H,2-6,9-10H2,1H3/t12-/m0/s1. The van der Waals surface area contributed by atoms with Crippen LogP contribution in [0.25, 0.3) is 0 Å². The summed E-state index contributed by atoms with van der Waals surface area (Å²) in [5.41, 5.74) is 1.34. The molecule has 0 unspecified atom stereocenters. The molecule has 1 saturated carbocycles. The molecule has 1 aliphatic carbocycles. The predicted octanol–water partition coefficient (Wildman–Crippen LogP) is 1.14. The highest BCUT2D eigenvalue weighted by Gasteiger charge is 2.31. The first-order valence-corrected chi connectivity index (χ1v) is 6.76. The summed E-state index contributed by atoms with van der Waals surface area (Å²) in [6.45, 7) is 3.48. The first kappa shape index (κ1) is 11.2. The van der Waals surface area contributed by atoms with E-state index in [1.54, 1.807) is 0 Å². The van der Waals surface area contributed by atoms with Gasteiger partial charge in [0.1, 0.15) is 0 Å². The van der Waals surface area contributed by atoms with Gasteiger partial charge in [0.2, 0.25) is 0 Å². The molecule has 2 heterocycles. The topological polar surface area (TPSA) is 33.1 Å². The Kier molecular flexibility index (Phi) is 3.16. The Labute approximate surface area is 103 Å². The molecule has 0 radical (unpaired) electrons. The maximum absolute atomic E-state index is 4.26. The van der Waals surface area contributed by atoms with Crippen molar-refractivity contribution in [2.45, 2.75) is 44.3 Å². The van der Waals surface area contributed by atoms with E-state index in [2.05, 4.69) is 21.5 Å². The van der Waals surface area contributed by atoms with E-state index in [1.165, 1.54) is 44.3 Å². The van der Waals surface area contributed by atoms with Gasteiger partial charge in [-0.3, -0.25) is 9.58 Å². The van der Waals surface area contributed by atoms with Crippen molar-refractivity contribution in [1.82, 2.24) is 20.0 Å². The van der Waals surface area contributed by atoms with Crippen molar-refractivity contribution in [2.24, 2.45) is 7.05 Å². The second-order valence-electron chi connectivity index (χ2n) is 5.48. The van der Waals surface area contributed by atoms with E-state index in [-0.39, 0.29) is 0 Å². The number of aryl methyl sites for hydroxylation is 1. The summed E-state index contributed by atoms with van der Waals surface area (Å²) in [5.74, 6) is 0. The van der Waals surface area contributed by atoms with Crippen LogP contribution in [0.5, 0.6) is 0 Å². The van der Waals surface area contributed by atoms with Crippen LogP contribution in [0.4, 0.5) is 0 Å². The lowest BCUT2D eigenvalue weighted by molar-refractivity contribution is 0.231. The van der Waals surface area contributed by atoms with Gasteiger partial charge in [0.05, 0.1) is 6.20 Å². The van der Waals surface area contributed by atoms with Crippen LogP contribution in [0.3, 0.4) is 0 Å². The van der Waals surface area contributed by atoms with Gasteiger partial charge in [-0.2, -0.15) is 5.10 Å². The van der Waals surface area contributed by atoms with Gasteiger partial charge in [-0.15, -0.1) is 0 Å². The highest BCUT2D eigenvalue weighted by Crippen LogP contribution is 2.29. The molecular weight excluding hydrogens is 212 g/mol. The van der Waals surface area contributed by atoms with Crippen LogP contribution < -0.4 is 5.32 Å². The van der Waals surface area contributed by atoms with Gasteiger partial charge in [0, 0.05) is 44.0 Å². The number of nitrogens with one attached hydrogen (secondary N) is 1. The fourth-order valence-corrected chi connectivity index (χ4v) is 2.77. The van der Waals surface area contributed by atoms with Gasteiger partial charge in [0.15, 0.2) is 0 Å². The van der Waals surface area contributed by atoms with Crippen LogP contribution >= 0.6 is 0 Å². The van der Waals surface area contributed by atoms with Gasteiger partial charge < -0.3 is 5.32 Å². The van der Waals surface area contributed by atoms with E-state index in [4.69, 9.17) is 0 Å². The summed E-state index contributed by atoms with van der Waals surface area (Å²) in [4.78, 5) is 2.64. The Morgan fingerprint density at radius 2 is 2.35 bits per heavy atom. The number of hydrogen-bond acceptors (Lipinski definition) is 3. The van der Waals surface area contributed by atoms with E-state index >= 15 is 0 Å². The van der Waals surface area contributed by atoms with Gasteiger partial charge >= 0.3 is 0 Å². The maximum Gasteiger partial charge on any atom is 0.0534 e. The highest BCUT2D eigenvalue weighted by molar-refractivity contribution is 5.05. The Morgan fingerprint density at radius 1 is 1.47 bits per heavy atom.